The summed E-state index contributed by atoms with van der Waals surface area (Å²) < 4.78 is 23.2. The lowest BCUT2D eigenvalue weighted by atomic mass is 9.89. The fourth-order valence-electron chi connectivity index (χ4n) is 2.69. The van der Waals surface area contributed by atoms with Crippen LogP contribution in [0.2, 0.25) is 0 Å². The molecule has 0 saturated carbocycles. The molecule has 8 heteroatoms. The van der Waals surface area contributed by atoms with Crippen molar-refractivity contribution in [3.05, 3.63) is 30.1 Å². The summed E-state index contributed by atoms with van der Waals surface area (Å²) in [4.78, 5) is 30.4. The number of carbonyl (C=O) groups is 2. The summed E-state index contributed by atoms with van der Waals surface area (Å²) in [6.07, 6.45) is 3.68. The second-order valence-corrected chi connectivity index (χ2v) is 8.86. The Labute approximate surface area is 142 Å². The highest BCUT2D eigenvalue weighted by Gasteiger charge is 2.42. The molecule has 1 aromatic rings. The van der Waals surface area contributed by atoms with Gasteiger partial charge in [0.2, 0.25) is 11.8 Å². The summed E-state index contributed by atoms with van der Waals surface area (Å²) >= 11 is 0. The molecule has 1 aliphatic heterocycles. The molecule has 2 amide bonds. The van der Waals surface area contributed by atoms with Crippen molar-refractivity contribution in [1.82, 2.24) is 15.2 Å². The lowest BCUT2D eigenvalue weighted by Crippen LogP contribution is -2.51. The maximum atomic E-state index is 12.7. The van der Waals surface area contributed by atoms with Crippen LogP contribution in [0.15, 0.2) is 24.5 Å². The van der Waals surface area contributed by atoms with Crippen LogP contribution in [-0.2, 0) is 26.0 Å². The van der Waals surface area contributed by atoms with Gasteiger partial charge >= 0.3 is 0 Å². The van der Waals surface area contributed by atoms with Crippen molar-refractivity contribution >= 4 is 21.7 Å². The predicted molar refractivity (Wildman–Crippen MR) is 89.7 cm³/mol. The number of amides is 2. The highest BCUT2D eigenvalue weighted by Crippen LogP contribution is 2.24. The summed E-state index contributed by atoms with van der Waals surface area (Å²) in [5, 5.41) is 2.75. The van der Waals surface area contributed by atoms with E-state index < -0.39 is 21.2 Å². The Morgan fingerprint density at radius 3 is 2.50 bits per heavy atom. The minimum atomic E-state index is -3.09. The van der Waals surface area contributed by atoms with Crippen LogP contribution in [0.5, 0.6) is 0 Å². The third-order valence-electron chi connectivity index (χ3n) is 4.38. The first-order valence-electron chi connectivity index (χ1n) is 7.78. The van der Waals surface area contributed by atoms with E-state index in [-0.39, 0.29) is 23.5 Å². The second-order valence-electron chi connectivity index (χ2n) is 6.64. The van der Waals surface area contributed by atoms with Crippen LogP contribution >= 0.6 is 0 Å². The Hall–Kier alpha value is -1.96. The Morgan fingerprint density at radius 2 is 1.96 bits per heavy atom. The predicted octanol–water partition coefficient (Wildman–Crippen LogP) is 0.369. The number of carbonyl (C=O) groups excluding carboxylic acids is 2. The van der Waals surface area contributed by atoms with Crippen LogP contribution in [-0.4, -0.2) is 54.7 Å². The van der Waals surface area contributed by atoms with Crippen molar-refractivity contribution in [2.75, 3.05) is 18.6 Å². The van der Waals surface area contributed by atoms with Crippen molar-refractivity contribution in [1.29, 1.82) is 0 Å². The first kappa shape index (κ1) is 18.4. The number of aromatic nitrogens is 1. The van der Waals surface area contributed by atoms with E-state index in [0.717, 1.165) is 5.56 Å². The fourth-order valence-corrected chi connectivity index (χ4v) is 4.46. The zero-order chi connectivity index (χ0) is 18.0. The maximum absolute atomic E-state index is 12.7. The number of hydrogen-bond acceptors (Lipinski definition) is 5. The second kappa shape index (κ2) is 6.88. The molecule has 0 spiro atoms. The van der Waals surface area contributed by atoms with Crippen molar-refractivity contribution in [2.45, 2.75) is 32.9 Å². The molecule has 1 unspecified atom stereocenters. The van der Waals surface area contributed by atoms with Crippen LogP contribution < -0.4 is 5.32 Å². The zero-order valence-corrected chi connectivity index (χ0v) is 15.0. The average Bonchev–Trinajstić information content (AvgIpc) is 2.92. The molecule has 24 heavy (non-hydrogen) atoms. The van der Waals surface area contributed by atoms with Gasteiger partial charge in [-0.2, -0.15) is 0 Å². The number of hydrogen-bond donors (Lipinski definition) is 1. The maximum Gasteiger partial charge on any atom is 0.237 e. The molecule has 0 aromatic carbocycles. The molecular weight excluding hydrogens is 330 g/mol. The summed E-state index contributed by atoms with van der Waals surface area (Å²) in [7, 11) is -1.53. The van der Waals surface area contributed by atoms with Gasteiger partial charge in [-0.15, -0.1) is 0 Å². The van der Waals surface area contributed by atoms with E-state index in [0.29, 0.717) is 13.0 Å². The van der Waals surface area contributed by atoms with E-state index in [1.54, 1.807) is 45.4 Å². The summed E-state index contributed by atoms with van der Waals surface area (Å²) in [5.41, 5.74) is -0.384. The number of rotatable bonds is 5. The van der Waals surface area contributed by atoms with Crippen molar-refractivity contribution in [3.63, 3.8) is 0 Å². The van der Waals surface area contributed by atoms with Crippen molar-refractivity contribution in [3.8, 4) is 0 Å². The van der Waals surface area contributed by atoms with E-state index in [2.05, 4.69) is 10.3 Å². The average molecular weight is 353 g/mol. The highest BCUT2D eigenvalue weighted by atomic mass is 32.2. The minimum Gasteiger partial charge on any atom is -0.351 e. The van der Waals surface area contributed by atoms with E-state index in [9.17, 15) is 18.0 Å². The topological polar surface area (TPSA) is 96.4 Å². The summed E-state index contributed by atoms with van der Waals surface area (Å²) in [6, 6.07) is 3.20. The van der Waals surface area contributed by atoms with E-state index in [1.807, 2.05) is 0 Å². The largest absolute Gasteiger partial charge is 0.351 e. The minimum absolute atomic E-state index is 0.0377. The highest BCUT2D eigenvalue weighted by molar-refractivity contribution is 7.91. The molecular formula is C16H23N3O4S. The molecule has 7 nitrogen and oxygen atoms in total. The molecule has 1 N–H and O–H groups in total. The Kier molecular flexibility index (Phi) is 5.27. The third-order valence-corrected chi connectivity index (χ3v) is 6.13. The van der Waals surface area contributed by atoms with Crippen LogP contribution in [0.4, 0.5) is 0 Å². The number of nitrogens with zero attached hydrogens (tertiary/aromatic N) is 2. The van der Waals surface area contributed by atoms with E-state index >= 15 is 0 Å². The third kappa shape index (κ3) is 4.11. The van der Waals surface area contributed by atoms with Gasteiger partial charge in [-0.25, -0.2) is 8.42 Å². The molecule has 2 rings (SSSR count). The Bertz CT molecular complexity index is 716. The monoisotopic (exact) mass is 353 g/mol. The van der Waals surface area contributed by atoms with Gasteiger partial charge in [0, 0.05) is 32.0 Å². The molecule has 1 aromatic heterocycles. The molecule has 132 valence electrons. The van der Waals surface area contributed by atoms with Gasteiger partial charge in [0.25, 0.3) is 0 Å². The molecule has 1 aliphatic rings. The first-order chi connectivity index (χ1) is 11.1. The van der Waals surface area contributed by atoms with Gasteiger partial charge in [0.1, 0.15) is 5.41 Å². The molecule has 2 heterocycles. The zero-order valence-electron chi connectivity index (χ0n) is 14.2. The summed E-state index contributed by atoms with van der Waals surface area (Å²) in [6.45, 7) is 3.41. The molecule has 1 fully saturated rings. The number of pyridine rings is 1. The van der Waals surface area contributed by atoms with Crippen LogP contribution in [0.3, 0.4) is 0 Å². The molecule has 0 bridgehead atoms. The molecule has 1 atom stereocenters. The van der Waals surface area contributed by atoms with E-state index in [1.165, 1.54) is 4.90 Å². The van der Waals surface area contributed by atoms with Crippen LogP contribution in [0.1, 0.15) is 25.8 Å². The van der Waals surface area contributed by atoms with Gasteiger partial charge in [-0.05, 0) is 38.0 Å². The number of nitrogens with one attached hydrogen (secondary N) is 1. The van der Waals surface area contributed by atoms with Gasteiger partial charge in [0.05, 0.1) is 11.5 Å². The molecule has 0 aliphatic carbocycles. The molecule has 1 saturated heterocycles. The van der Waals surface area contributed by atoms with Crippen molar-refractivity contribution < 1.29 is 18.0 Å². The fraction of sp³-hybridized carbons (Fsp3) is 0.562. The quantitative estimate of drug-likeness (QED) is 0.772. The smallest absolute Gasteiger partial charge is 0.237 e. The van der Waals surface area contributed by atoms with Crippen LogP contribution in [0, 0.1) is 5.41 Å². The van der Waals surface area contributed by atoms with Gasteiger partial charge < -0.3 is 10.2 Å². The molecule has 0 radical (unpaired) electrons. The Balaban J connectivity index is 1.99. The Morgan fingerprint density at radius 1 is 1.33 bits per heavy atom. The normalized spacial score (nSPS) is 19.7. The van der Waals surface area contributed by atoms with E-state index in [4.69, 9.17) is 0 Å². The number of sulfone groups is 1. The van der Waals surface area contributed by atoms with Gasteiger partial charge in [-0.3, -0.25) is 14.6 Å². The van der Waals surface area contributed by atoms with Gasteiger partial charge in [0.15, 0.2) is 9.84 Å². The van der Waals surface area contributed by atoms with Gasteiger partial charge in [-0.1, -0.05) is 0 Å². The van der Waals surface area contributed by atoms with Crippen molar-refractivity contribution in [2.24, 2.45) is 5.41 Å². The SMILES string of the molecule is CN(C(=O)C(C)(C)C(=O)NCc1ccncc1)C1CCS(=O)(=O)C1. The van der Waals surface area contributed by atoms with Crippen LogP contribution in [0.25, 0.3) is 0 Å². The lowest BCUT2D eigenvalue weighted by molar-refractivity contribution is -0.148. The summed E-state index contributed by atoms with van der Waals surface area (Å²) in [5.74, 6) is -0.720. The lowest BCUT2D eigenvalue weighted by Gasteiger charge is -2.31. The first-order valence-corrected chi connectivity index (χ1v) is 9.60. The standard InChI is InChI=1S/C16H23N3O4S/c1-16(2,14(20)18-10-12-4-7-17-8-5-12)15(21)19(3)13-6-9-24(22,23)11-13/h4-5,7-8,13H,6,9-11H2,1-3H3,(H,18,20).